The fourth-order valence-electron chi connectivity index (χ4n) is 3.28. The second kappa shape index (κ2) is 10.2. The maximum atomic E-state index is 12.2. The Morgan fingerprint density at radius 2 is 1.60 bits per heavy atom. The van der Waals surface area contributed by atoms with E-state index in [1.165, 1.54) is 12.8 Å². The molecule has 4 nitrogen and oxygen atoms in total. The van der Waals surface area contributed by atoms with Gasteiger partial charge < -0.3 is 9.47 Å². The third-order valence-corrected chi connectivity index (χ3v) is 4.94. The first-order valence-corrected chi connectivity index (χ1v) is 9.60. The second-order valence-corrected chi connectivity index (χ2v) is 6.93. The minimum absolute atomic E-state index is 0.0530. The highest BCUT2D eigenvalue weighted by molar-refractivity contribution is 5.93. The van der Waals surface area contributed by atoms with Gasteiger partial charge in [0.25, 0.3) is 0 Å². The minimum atomic E-state index is -0.337. The van der Waals surface area contributed by atoms with Crippen molar-refractivity contribution in [3.8, 4) is 0 Å². The van der Waals surface area contributed by atoms with E-state index in [9.17, 15) is 9.59 Å². The Morgan fingerprint density at radius 3 is 2.20 bits per heavy atom. The number of unbranched alkanes of at least 4 members (excludes halogenated alkanes) is 3. The lowest BCUT2D eigenvalue weighted by Crippen LogP contribution is -2.22. The summed E-state index contributed by atoms with van der Waals surface area (Å²) in [5.41, 5.74) is 0.945. The van der Waals surface area contributed by atoms with Crippen LogP contribution in [-0.4, -0.2) is 24.6 Å². The summed E-state index contributed by atoms with van der Waals surface area (Å²) in [7, 11) is 0. The predicted octanol–water partition coefficient (Wildman–Crippen LogP) is 5.16. The van der Waals surface area contributed by atoms with Crippen molar-refractivity contribution in [2.75, 3.05) is 6.61 Å². The smallest absolute Gasteiger partial charge is 0.338 e. The second-order valence-electron chi connectivity index (χ2n) is 6.93. The fraction of sp³-hybridized carbons (Fsp3) is 0.619. The van der Waals surface area contributed by atoms with Gasteiger partial charge in [-0.25, -0.2) is 9.59 Å². The number of rotatable bonds is 9. The van der Waals surface area contributed by atoms with Crippen LogP contribution in [0.3, 0.4) is 0 Å². The van der Waals surface area contributed by atoms with Crippen molar-refractivity contribution in [2.24, 2.45) is 5.92 Å². The van der Waals surface area contributed by atoms with Gasteiger partial charge in [-0.1, -0.05) is 39.0 Å². The number of benzene rings is 1. The van der Waals surface area contributed by atoms with Gasteiger partial charge in [-0.2, -0.15) is 0 Å². The molecule has 1 aromatic carbocycles. The number of ether oxygens (including phenoxy) is 2. The molecule has 1 atom stereocenters. The van der Waals surface area contributed by atoms with Crippen LogP contribution in [0.25, 0.3) is 0 Å². The number of hydrogen-bond acceptors (Lipinski definition) is 4. The average Bonchev–Trinajstić information content (AvgIpc) is 3.16. The van der Waals surface area contributed by atoms with Gasteiger partial charge in [-0.3, -0.25) is 0 Å². The van der Waals surface area contributed by atoms with E-state index in [2.05, 4.69) is 6.92 Å². The van der Waals surface area contributed by atoms with Crippen molar-refractivity contribution in [2.45, 2.75) is 71.3 Å². The summed E-state index contributed by atoms with van der Waals surface area (Å²) in [4.78, 5) is 24.2. The predicted molar refractivity (Wildman–Crippen MR) is 97.7 cm³/mol. The van der Waals surface area contributed by atoms with Crippen LogP contribution in [-0.2, 0) is 9.47 Å². The summed E-state index contributed by atoms with van der Waals surface area (Å²) in [5, 5.41) is 0. The molecule has 25 heavy (non-hydrogen) atoms. The molecular weight excluding hydrogens is 316 g/mol. The molecule has 1 aliphatic carbocycles. The van der Waals surface area contributed by atoms with Crippen LogP contribution in [0.2, 0.25) is 0 Å². The number of esters is 2. The van der Waals surface area contributed by atoms with Gasteiger partial charge in [-0.05, 0) is 56.4 Å². The molecular formula is C21H30O4. The molecule has 2 rings (SSSR count). The molecule has 0 amide bonds. The Balaban J connectivity index is 1.79. The maximum absolute atomic E-state index is 12.2. The van der Waals surface area contributed by atoms with Crippen molar-refractivity contribution >= 4 is 11.9 Å². The maximum Gasteiger partial charge on any atom is 0.338 e. The van der Waals surface area contributed by atoms with Crippen molar-refractivity contribution < 1.29 is 19.1 Å². The van der Waals surface area contributed by atoms with E-state index < -0.39 is 0 Å². The highest BCUT2D eigenvalue weighted by atomic mass is 16.5. The molecule has 0 radical (unpaired) electrons. The van der Waals surface area contributed by atoms with E-state index in [4.69, 9.17) is 9.47 Å². The zero-order valence-corrected chi connectivity index (χ0v) is 15.5. The third-order valence-electron chi connectivity index (χ3n) is 4.94. The Labute approximate surface area is 150 Å². The van der Waals surface area contributed by atoms with Crippen molar-refractivity contribution in [3.63, 3.8) is 0 Å². The van der Waals surface area contributed by atoms with E-state index >= 15 is 0 Å². The number of carbonyl (C=O) groups is 2. The quantitative estimate of drug-likeness (QED) is 0.458. The van der Waals surface area contributed by atoms with Gasteiger partial charge in [0.15, 0.2) is 0 Å². The van der Waals surface area contributed by atoms with Crippen molar-refractivity contribution in [3.05, 3.63) is 35.4 Å². The molecule has 0 N–H and O–H groups in total. The van der Waals surface area contributed by atoms with Crippen LogP contribution < -0.4 is 0 Å². The molecule has 4 heteroatoms. The fourth-order valence-corrected chi connectivity index (χ4v) is 3.28. The van der Waals surface area contributed by atoms with Crippen LogP contribution in [0, 0.1) is 5.92 Å². The first kappa shape index (κ1) is 19.5. The summed E-state index contributed by atoms with van der Waals surface area (Å²) in [5.74, 6) is -0.180. The van der Waals surface area contributed by atoms with E-state index in [0.29, 0.717) is 23.7 Å². The molecule has 1 aromatic rings. The summed E-state index contributed by atoms with van der Waals surface area (Å²) in [6.07, 6.45) is 8.95. The molecule has 138 valence electrons. The first-order chi connectivity index (χ1) is 12.1. The zero-order valence-electron chi connectivity index (χ0n) is 15.5. The van der Waals surface area contributed by atoms with E-state index in [1.54, 1.807) is 24.3 Å². The van der Waals surface area contributed by atoms with Gasteiger partial charge in [0.05, 0.1) is 17.7 Å². The summed E-state index contributed by atoms with van der Waals surface area (Å²) < 4.78 is 10.8. The van der Waals surface area contributed by atoms with Crippen LogP contribution in [0.5, 0.6) is 0 Å². The first-order valence-electron chi connectivity index (χ1n) is 9.60. The van der Waals surface area contributed by atoms with Crippen LogP contribution >= 0.6 is 0 Å². The van der Waals surface area contributed by atoms with E-state index in [-0.39, 0.29) is 18.0 Å². The molecule has 1 aliphatic rings. The van der Waals surface area contributed by atoms with E-state index in [0.717, 1.165) is 38.5 Å². The lowest BCUT2D eigenvalue weighted by molar-refractivity contribution is 0.0203. The molecule has 0 spiro atoms. The zero-order chi connectivity index (χ0) is 18.1. The molecule has 0 aliphatic heterocycles. The summed E-state index contributed by atoms with van der Waals surface area (Å²) in [6.45, 7) is 4.56. The van der Waals surface area contributed by atoms with Gasteiger partial charge in [-0.15, -0.1) is 0 Å². The SMILES string of the molecule is CCCCCCOC(=O)c1ccc(C(=O)OC(C)C2CCCC2)cc1. The average molecular weight is 346 g/mol. The Kier molecular flexibility index (Phi) is 7.96. The highest BCUT2D eigenvalue weighted by Gasteiger charge is 2.24. The van der Waals surface area contributed by atoms with Crippen LogP contribution in [0.4, 0.5) is 0 Å². The monoisotopic (exact) mass is 346 g/mol. The van der Waals surface area contributed by atoms with Gasteiger partial charge >= 0.3 is 11.9 Å². The standard InChI is InChI=1S/C21H30O4/c1-3-4-5-8-15-24-20(22)18-11-13-19(14-12-18)21(23)25-16(2)17-9-6-7-10-17/h11-14,16-17H,3-10,15H2,1-2H3. The minimum Gasteiger partial charge on any atom is -0.462 e. The lowest BCUT2D eigenvalue weighted by Gasteiger charge is -2.19. The Bertz CT molecular complexity index is 544. The molecule has 0 bridgehead atoms. The largest absolute Gasteiger partial charge is 0.462 e. The number of carbonyl (C=O) groups excluding carboxylic acids is 2. The topological polar surface area (TPSA) is 52.6 Å². The molecule has 1 saturated carbocycles. The Morgan fingerprint density at radius 1 is 1.00 bits per heavy atom. The normalized spacial score (nSPS) is 15.8. The summed E-state index contributed by atoms with van der Waals surface area (Å²) in [6, 6.07) is 6.53. The highest BCUT2D eigenvalue weighted by Crippen LogP contribution is 2.29. The van der Waals surface area contributed by atoms with Crippen LogP contribution in [0.15, 0.2) is 24.3 Å². The molecule has 1 unspecified atom stereocenters. The third kappa shape index (κ3) is 6.18. The number of hydrogen-bond donors (Lipinski definition) is 0. The molecule has 1 fully saturated rings. The molecule has 0 aromatic heterocycles. The van der Waals surface area contributed by atoms with E-state index in [1.807, 2.05) is 6.92 Å². The van der Waals surface area contributed by atoms with Crippen LogP contribution in [0.1, 0.15) is 85.9 Å². The van der Waals surface area contributed by atoms with Gasteiger partial charge in [0.2, 0.25) is 0 Å². The lowest BCUT2D eigenvalue weighted by atomic mass is 10.0. The molecule has 0 saturated heterocycles. The Hall–Kier alpha value is -1.84. The van der Waals surface area contributed by atoms with Gasteiger partial charge in [0.1, 0.15) is 6.10 Å². The van der Waals surface area contributed by atoms with Crippen molar-refractivity contribution in [1.29, 1.82) is 0 Å². The summed E-state index contributed by atoms with van der Waals surface area (Å²) >= 11 is 0. The molecule has 0 heterocycles. The van der Waals surface area contributed by atoms with Gasteiger partial charge in [0, 0.05) is 0 Å². The van der Waals surface area contributed by atoms with Crippen molar-refractivity contribution in [1.82, 2.24) is 0 Å².